The number of thioether (sulfide) groups is 1. The third-order valence-electron chi connectivity index (χ3n) is 4.45. The lowest BCUT2D eigenvalue weighted by Gasteiger charge is -2.17. The molecule has 0 saturated heterocycles. The van der Waals surface area contributed by atoms with E-state index in [1.807, 2.05) is 13.8 Å². The zero-order chi connectivity index (χ0) is 28.5. The number of amides is 1. The van der Waals surface area contributed by atoms with Crippen molar-refractivity contribution < 1.29 is 27.9 Å². The van der Waals surface area contributed by atoms with Gasteiger partial charge in [0, 0.05) is 36.6 Å². The highest BCUT2D eigenvalue weighted by Gasteiger charge is 2.38. The molecule has 2 heterocycles. The van der Waals surface area contributed by atoms with Crippen molar-refractivity contribution in [1.82, 2.24) is 15.0 Å². The van der Waals surface area contributed by atoms with Gasteiger partial charge in [-0.25, -0.2) is 14.8 Å². The minimum absolute atomic E-state index is 0.0467. The number of pyridine rings is 1. The molecule has 1 amide bonds. The topological polar surface area (TPSA) is 168 Å². The molecule has 0 fully saturated rings. The summed E-state index contributed by atoms with van der Waals surface area (Å²) in [6.07, 6.45) is -1.68. The summed E-state index contributed by atoms with van der Waals surface area (Å²) in [6.45, 7) is 5.35. The van der Waals surface area contributed by atoms with Crippen molar-refractivity contribution in [3.63, 3.8) is 0 Å². The normalized spacial score (nSPS) is 10.6. The molecular formula is C24H22F3N7O3S. The molecule has 0 unspecified atom stereocenters. The van der Waals surface area contributed by atoms with E-state index in [-0.39, 0.29) is 11.9 Å². The number of carboxylic acid groups (broad SMARTS) is 1. The second-order valence-corrected chi connectivity index (χ2v) is 8.76. The zero-order valence-electron chi connectivity index (χ0n) is 20.3. The number of nitrogens with zero attached hydrogens (tertiary/aromatic N) is 4. The Bertz CT molecular complexity index is 1360. The van der Waals surface area contributed by atoms with Crippen molar-refractivity contribution in [3.05, 3.63) is 53.6 Å². The van der Waals surface area contributed by atoms with Gasteiger partial charge in [0.05, 0.1) is 11.3 Å². The van der Waals surface area contributed by atoms with Gasteiger partial charge in [0.25, 0.3) is 0 Å². The molecule has 1 aromatic carbocycles. The first-order valence-corrected chi connectivity index (χ1v) is 11.8. The van der Waals surface area contributed by atoms with Gasteiger partial charge in [-0.3, -0.25) is 4.79 Å². The summed E-state index contributed by atoms with van der Waals surface area (Å²) < 4.78 is 31.7. The lowest BCUT2D eigenvalue weighted by Crippen LogP contribution is -2.21. The summed E-state index contributed by atoms with van der Waals surface area (Å²) in [5, 5.41) is 33.5. The molecule has 14 heteroatoms. The Balaban J connectivity index is 0.000000638. The Kier molecular flexibility index (Phi) is 10.2. The molecule has 0 atom stereocenters. The molecule has 0 spiro atoms. The molecule has 0 aliphatic rings. The van der Waals surface area contributed by atoms with E-state index in [9.17, 15) is 28.5 Å². The molecule has 4 N–H and O–H groups in total. The summed E-state index contributed by atoms with van der Waals surface area (Å²) in [5.74, 6) is -1.23. The predicted octanol–water partition coefficient (Wildman–Crippen LogP) is 4.92. The number of H-pyrrole nitrogens is 1. The van der Waals surface area contributed by atoms with E-state index >= 15 is 0 Å². The lowest BCUT2D eigenvalue weighted by atomic mass is 9.96. The Morgan fingerprint density at radius 2 is 1.76 bits per heavy atom. The fourth-order valence-electron chi connectivity index (χ4n) is 2.98. The van der Waals surface area contributed by atoms with Crippen LogP contribution in [0.15, 0.2) is 41.7 Å². The van der Waals surface area contributed by atoms with Crippen molar-refractivity contribution in [2.24, 2.45) is 0 Å². The van der Waals surface area contributed by atoms with Gasteiger partial charge in [0.2, 0.25) is 5.91 Å². The third-order valence-corrected chi connectivity index (χ3v) is 5.44. The highest BCUT2D eigenvalue weighted by Crippen LogP contribution is 2.37. The van der Waals surface area contributed by atoms with Crippen molar-refractivity contribution in [1.29, 1.82) is 10.5 Å². The zero-order valence-corrected chi connectivity index (χ0v) is 21.2. The largest absolute Gasteiger partial charge is 0.490 e. The number of nitriles is 2. The second-order valence-electron chi connectivity index (χ2n) is 7.80. The maximum Gasteiger partial charge on any atom is 0.490 e. The summed E-state index contributed by atoms with van der Waals surface area (Å²) in [4.78, 5) is 32.1. The quantitative estimate of drug-likeness (QED) is 0.301. The molecule has 3 aromatic rings. The first kappa shape index (κ1) is 29.7. The van der Waals surface area contributed by atoms with Gasteiger partial charge in [-0.1, -0.05) is 23.9 Å². The van der Waals surface area contributed by atoms with Crippen LogP contribution in [0.5, 0.6) is 0 Å². The van der Waals surface area contributed by atoms with Crippen LogP contribution in [0.2, 0.25) is 0 Å². The molecule has 0 radical (unpaired) electrons. The summed E-state index contributed by atoms with van der Waals surface area (Å²) in [7, 11) is 0. The number of hydrogen-bond donors (Lipinski definition) is 4. The van der Waals surface area contributed by atoms with Crippen LogP contribution in [-0.4, -0.2) is 44.2 Å². The van der Waals surface area contributed by atoms with Gasteiger partial charge >= 0.3 is 12.1 Å². The predicted molar refractivity (Wildman–Crippen MR) is 134 cm³/mol. The first-order valence-electron chi connectivity index (χ1n) is 10.8. The van der Waals surface area contributed by atoms with Gasteiger partial charge in [-0.15, -0.1) is 0 Å². The maximum absolute atomic E-state index is 11.3. The van der Waals surface area contributed by atoms with Gasteiger partial charge in [-0.05, 0) is 31.5 Å². The molecule has 38 heavy (non-hydrogen) atoms. The summed E-state index contributed by atoms with van der Waals surface area (Å²) in [5.41, 5.74) is 2.47. The van der Waals surface area contributed by atoms with Crippen molar-refractivity contribution in [2.45, 2.75) is 43.8 Å². The van der Waals surface area contributed by atoms with Crippen molar-refractivity contribution in [3.8, 4) is 23.3 Å². The number of alkyl halides is 3. The highest BCUT2D eigenvalue weighted by molar-refractivity contribution is 7.98. The molecule has 2 aromatic heterocycles. The van der Waals surface area contributed by atoms with E-state index in [0.29, 0.717) is 44.5 Å². The minimum atomic E-state index is -5.08. The Morgan fingerprint density at radius 3 is 2.21 bits per heavy atom. The van der Waals surface area contributed by atoms with Gasteiger partial charge in [0.15, 0.2) is 0 Å². The lowest BCUT2D eigenvalue weighted by molar-refractivity contribution is -0.192. The van der Waals surface area contributed by atoms with E-state index in [2.05, 4.69) is 37.7 Å². The fourth-order valence-corrected chi connectivity index (χ4v) is 3.86. The number of halogens is 3. The maximum atomic E-state index is 11.3. The first-order chi connectivity index (χ1) is 17.9. The Labute approximate surface area is 219 Å². The molecule has 0 aliphatic carbocycles. The van der Waals surface area contributed by atoms with Crippen LogP contribution >= 0.6 is 11.8 Å². The number of carboxylic acids is 1. The average molecular weight is 546 g/mol. The molecule has 10 nitrogen and oxygen atoms in total. The average Bonchev–Trinajstić information content (AvgIpc) is 3.35. The number of aromatic nitrogens is 3. The summed E-state index contributed by atoms with van der Waals surface area (Å²) >= 11 is 1.38. The van der Waals surface area contributed by atoms with E-state index in [4.69, 9.17) is 9.90 Å². The van der Waals surface area contributed by atoms with Crippen LogP contribution < -0.4 is 10.6 Å². The van der Waals surface area contributed by atoms with E-state index in [0.717, 1.165) is 5.82 Å². The standard InChI is InChI=1S/C22H21N7OS.C2HF3O2/c1-13(2)27-21-17(10-23)20(15-4-6-16(7-5-15)28-14(3)30)18(11-24)22(29-21)31-12-19-25-8-9-26-19;3-2(4,5)1(6)7/h4-9,13H,12H2,1-3H3,(H,25,26)(H,27,29)(H,28,30);(H,6,7). The number of nitrogens with one attached hydrogen (secondary N) is 3. The second kappa shape index (κ2) is 13.1. The smallest absolute Gasteiger partial charge is 0.475 e. The molecule has 3 rings (SSSR count). The van der Waals surface area contributed by atoms with E-state index in [1.54, 1.807) is 36.7 Å². The van der Waals surface area contributed by atoms with Crippen LogP contribution in [0.1, 0.15) is 37.7 Å². The van der Waals surface area contributed by atoms with Gasteiger partial charge in [-0.2, -0.15) is 23.7 Å². The highest BCUT2D eigenvalue weighted by atomic mass is 32.2. The molecule has 198 valence electrons. The molecule has 0 saturated carbocycles. The number of carbonyl (C=O) groups is 2. The number of rotatable bonds is 7. The van der Waals surface area contributed by atoms with E-state index in [1.165, 1.54) is 18.7 Å². The van der Waals surface area contributed by atoms with Crippen LogP contribution in [0, 0.1) is 22.7 Å². The number of anilines is 2. The molecule has 0 aliphatic heterocycles. The van der Waals surface area contributed by atoms with Crippen molar-refractivity contribution >= 4 is 35.1 Å². The van der Waals surface area contributed by atoms with Crippen molar-refractivity contribution in [2.75, 3.05) is 10.6 Å². The van der Waals surface area contributed by atoms with Crippen LogP contribution in [0.25, 0.3) is 11.1 Å². The third kappa shape index (κ3) is 8.25. The number of hydrogen-bond acceptors (Lipinski definition) is 8. The SMILES string of the molecule is CC(=O)Nc1ccc(-c2c(C#N)c(NC(C)C)nc(SCc3ncc[nH]3)c2C#N)cc1.O=C(O)C(F)(F)F. The molecular weight excluding hydrogens is 523 g/mol. The Hall–Kier alpha value is -4.56. The summed E-state index contributed by atoms with van der Waals surface area (Å²) in [6, 6.07) is 11.5. The van der Waals surface area contributed by atoms with Gasteiger partial charge < -0.3 is 20.7 Å². The van der Waals surface area contributed by atoms with E-state index < -0.39 is 12.1 Å². The number of aromatic amines is 1. The number of benzene rings is 1. The number of aliphatic carboxylic acids is 1. The monoisotopic (exact) mass is 545 g/mol. The Morgan fingerprint density at radius 1 is 1.16 bits per heavy atom. The van der Waals surface area contributed by atoms with Gasteiger partial charge in [0.1, 0.15) is 34.4 Å². The molecule has 0 bridgehead atoms. The van der Waals surface area contributed by atoms with Crippen LogP contribution in [0.3, 0.4) is 0 Å². The van der Waals surface area contributed by atoms with Crippen LogP contribution in [-0.2, 0) is 15.3 Å². The number of carbonyl (C=O) groups excluding carboxylic acids is 1. The fraction of sp³-hybridized carbons (Fsp3) is 0.250. The van der Waals surface area contributed by atoms with Crippen LogP contribution in [0.4, 0.5) is 24.7 Å². The number of imidazole rings is 1. The minimum Gasteiger partial charge on any atom is -0.475 e.